The molecule has 0 atom stereocenters. The number of methoxy groups -OCH3 is 1. The standard InChI is InChI=1S/C14H18F3NO2/c1-20-13(19)5-3-2-4-10-18-12-8-6-11(7-9-12)14(15,16)17/h6-9,18H,2-5,10H2,1H3. The highest BCUT2D eigenvalue weighted by Crippen LogP contribution is 2.29. The number of hydrogen-bond donors (Lipinski definition) is 1. The summed E-state index contributed by atoms with van der Waals surface area (Å²) in [5.41, 5.74) is 0.00657. The van der Waals surface area contributed by atoms with Crippen molar-refractivity contribution in [2.75, 3.05) is 19.0 Å². The molecule has 6 heteroatoms. The van der Waals surface area contributed by atoms with Gasteiger partial charge in [-0.2, -0.15) is 13.2 Å². The van der Waals surface area contributed by atoms with Crippen molar-refractivity contribution in [3.63, 3.8) is 0 Å². The first-order chi connectivity index (χ1) is 9.43. The Balaban J connectivity index is 2.21. The molecule has 0 amide bonds. The van der Waals surface area contributed by atoms with E-state index in [1.54, 1.807) is 0 Å². The van der Waals surface area contributed by atoms with E-state index in [0.29, 0.717) is 18.7 Å². The van der Waals surface area contributed by atoms with Gasteiger partial charge in [0.25, 0.3) is 0 Å². The maximum atomic E-state index is 12.3. The molecule has 0 aromatic heterocycles. The third-order valence-corrected chi connectivity index (χ3v) is 2.83. The van der Waals surface area contributed by atoms with Crippen LogP contribution < -0.4 is 5.32 Å². The first kappa shape index (κ1) is 16.3. The number of rotatable bonds is 7. The number of halogens is 3. The minimum atomic E-state index is -4.30. The summed E-state index contributed by atoms with van der Waals surface area (Å²) in [5, 5.41) is 3.04. The van der Waals surface area contributed by atoms with E-state index in [1.165, 1.54) is 19.2 Å². The second kappa shape index (κ2) is 7.77. The molecule has 0 aliphatic rings. The molecule has 0 spiro atoms. The van der Waals surface area contributed by atoms with Crippen LogP contribution in [0.2, 0.25) is 0 Å². The molecule has 0 bridgehead atoms. The lowest BCUT2D eigenvalue weighted by molar-refractivity contribution is -0.140. The summed E-state index contributed by atoms with van der Waals surface area (Å²) in [5.74, 6) is -0.222. The molecule has 0 saturated carbocycles. The van der Waals surface area contributed by atoms with Gasteiger partial charge in [0.15, 0.2) is 0 Å². The highest BCUT2D eigenvalue weighted by atomic mass is 19.4. The van der Waals surface area contributed by atoms with Crippen molar-refractivity contribution in [2.45, 2.75) is 31.9 Å². The van der Waals surface area contributed by atoms with Gasteiger partial charge in [-0.25, -0.2) is 0 Å². The maximum Gasteiger partial charge on any atom is 0.416 e. The molecule has 1 N–H and O–H groups in total. The minimum Gasteiger partial charge on any atom is -0.469 e. The van der Waals surface area contributed by atoms with Gasteiger partial charge in [-0.15, -0.1) is 0 Å². The van der Waals surface area contributed by atoms with Crippen LogP contribution in [-0.4, -0.2) is 19.6 Å². The molecule has 3 nitrogen and oxygen atoms in total. The predicted octanol–water partition coefficient (Wildman–Crippen LogP) is 3.85. The van der Waals surface area contributed by atoms with Crippen molar-refractivity contribution in [1.29, 1.82) is 0 Å². The Hall–Kier alpha value is -1.72. The molecule has 1 aromatic rings. The zero-order valence-corrected chi connectivity index (χ0v) is 11.3. The van der Waals surface area contributed by atoms with Crippen LogP contribution in [0.5, 0.6) is 0 Å². The van der Waals surface area contributed by atoms with Crippen molar-refractivity contribution in [1.82, 2.24) is 0 Å². The average molecular weight is 289 g/mol. The van der Waals surface area contributed by atoms with E-state index in [2.05, 4.69) is 10.1 Å². The van der Waals surface area contributed by atoms with Crippen LogP contribution in [0.1, 0.15) is 31.2 Å². The van der Waals surface area contributed by atoms with Crippen LogP contribution in [0.4, 0.5) is 18.9 Å². The second-order valence-electron chi connectivity index (χ2n) is 4.39. The summed E-state index contributed by atoms with van der Waals surface area (Å²) < 4.78 is 41.6. The third kappa shape index (κ3) is 5.95. The second-order valence-corrected chi connectivity index (χ2v) is 4.39. The van der Waals surface area contributed by atoms with Gasteiger partial charge in [0.1, 0.15) is 0 Å². The molecular weight excluding hydrogens is 271 g/mol. The minimum absolute atomic E-state index is 0.222. The van der Waals surface area contributed by atoms with Gasteiger partial charge in [-0.1, -0.05) is 6.42 Å². The zero-order valence-electron chi connectivity index (χ0n) is 11.3. The molecule has 20 heavy (non-hydrogen) atoms. The molecule has 0 aliphatic heterocycles. The number of benzene rings is 1. The molecule has 0 radical (unpaired) electrons. The van der Waals surface area contributed by atoms with Crippen molar-refractivity contribution < 1.29 is 22.7 Å². The van der Waals surface area contributed by atoms with Crippen LogP contribution in [0.3, 0.4) is 0 Å². The van der Waals surface area contributed by atoms with Crippen molar-refractivity contribution in [3.05, 3.63) is 29.8 Å². The van der Waals surface area contributed by atoms with Gasteiger partial charge in [0, 0.05) is 18.7 Å². The molecule has 1 rings (SSSR count). The number of unbranched alkanes of at least 4 members (excludes halogenated alkanes) is 2. The van der Waals surface area contributed by atoms with E-state index in [9.17, 15) is 18.0 Å². The summed E-state index contributed by atoms with van der Waals surface area (Å²) in [6, 6.07) is 4.94. The van der Waals surface area contributed by atoms with E-state index < -0.39 is 11.7 Å². The van der Waals surface area contributed by atoms with Gasteiger partial charge in [0.05, 0.1) is 12.7 Å². The highest BCUT2D eigenvalue weighted by Gasteiger charge is 2.29. The van der Waals surface area contributed by atoms with Crippen LogP contribution in [0.25, 0.3) is 0 Å². The first-order valence-electron chi connectivity index (χ1n) is 6.41. The quantitative estimate of drug-likeness (QED) is 0.612. The molecule has 0 unspecified atom stereocenters. The number of carbonyl (C=O) groups excluding carboxylic acids is 1. The molecule has 0 fully saturated rings. The fraction of sp³-hybridized carbons (Fsp3) is 0.500. The van der Waals surface area contributed by atoms with Crippen LogP contribution in [0.15, 0.2) is 24.3 Å². The number of anilines is 1. The van der Waals surface area contributed by atoms with Crippen molar-refractivity contribution in [3.8, 4) is 0 Å². The van der Waals surface area contributed by atoms with Crippen LogP contribution in [0, 0.1) is 0 Å². The molecule has 112 valence electrons. The van der Waals surface area contributed by atoms with E-state index >= 15 is 0 Å². The van der Waals surface area contributed by atoms with Gasteiger partial charge in [-0.3, -0.25) is 4.79 Å². The lowest BCUT2D eigenvalue weighted by Crippen LogP contribution is -2.06. The lowest BCUT2D eigenvalue weighted by Gasteiger charge is -2.09. The smallest absolute Gasteiger partial charge is 0.416 e. The normalized spacial score (nSPS) is 11.2. The van der Waals surface area contributed by atoms with E-state index in [-0.39, 0.29) is 5.97 Å². The van der Waals surface area contributed by atoms with Gasteiger partial charge in [-0.05, 0) is 37.1 Å². The predicted molar refractivity (Wildman–Crippen MR) is 70.4 cm³/mol. The summed E-state index contributed by atoms with van der Waals surface area (Å²) in [4.78, 5) is 10.8. The Morgan fingerprint density at radius 3 is 2.35 bits per heavy atom. The van der Waals surface area contributed by atoms with E-state index in [0.717, 1.165) is 31.4 Å². The fourth-order valence-corrected chi connectivity index (χ4v) is 1.68. The Morgan fingerprint density at radius 1 is 1.15 bits per heavy atom. The molecule has 1 aromatic carbocycles. The first-order valence-corrected chi connectivity index (χ1v) is 6.41. The van der Waals surface area contributed by atoms with E-state index in [4.69, 9.17) is 0 Å². The van der Waals surface area contributed by atoms with Crippen molar-refractivity contribution >= 4 is 11.7 Å². The summed E-state index contributed by atoms with van der Waals surface area (Å²) in [7, 11) is 1.36. The Bertz CT molecular complexity index is 415. The van der Waals surface area contributed by atoms with Gasteiger partial charge in [0.2, 0.25) is 0 Å². The largest absolute Gasteiger partial charge is 0.469 e. The Labute approximate surface area is 116 Å². The lowest BCUT2D eigenvalue weighted by atomic mass is 10.2. The summed E-state index contributed by atoms with van der Waals surface area (Å²) >= 11 is 0. The monoisotopic (exact) mass is 289 g/mol. The molecule has 0 saturated heterocycles. The number of alkyl halides is 3. The third-order valence-electron chi connectivity index (χ3n) is 2.83. The van der Waals surface area contributed by atoms with Gasteiger partial charge < -0.3 is 10.1 Å². The number of nitrogens with one attached hydrogen (secondary N) is 1. The maximum absolute atomic E-state index is 12.3. The summed E-state index contributed by atoms with van der Waals surface area (Å²) in [6.45, 7) is 0.659. The van der Waals surface area contributed by atoms with Crippen LogP contribution >= 0.6 is 0 Å². The SMILES string of the molecule is COC(=O)CCCCCNc1ccc(C(F)(F)F)cc1. The average Bonchev–Trinajstić information content (AvgIpc) is 2.41. The number of carbonyl (C=O) groups is 1. The van der Waals surface area contributed by atoms with Crippen LogP contribution in [-0.2, 0) is 15.7 Å². The summed E-state index contributed by atoms with van der Waals surface area (Å²) in [6.07, 6.45) is -1.44. The zero-order chi connectivity index (χ0) is 15.0. The Morgan fingerprint density at radius 2 is 1.80 bits per heavy atom. The number of ether oxygens (including phenoxy) is 1. The Kier molecular flexibility index (Phi) is 6.35. The van der Waals surface area contributed by atoms with E-state index in [1.807, 2.05) is 0 Å². The highest BCUT2D eigenvalue weighted by molar-refractivity contribution is 5.68. The number of hydrogen-bond acceptors (Lipinski definition) is 3. The van der Waals surface area contributed by atoms with Gasteiger partial charge >= 0.3 is 12.1 Å². The molecular formula is C14H18F3NO2. The molecule has 0 heterocycles. The molecule has 0 aliphatic carbocycles. The topological polar surface area (TPSA) is 38.3 Å². The van der Waals surface area contributed by atoms with Crippen molar-refractivity contribution in [2.24, 2.45) is 0 Å². The number of esters is 1. The fourth-order valence-electron chi connectivity index (χ4n) is 1.68.